The minimum atomic E-state index is -0.162. The van der Waals surface area contributed by atoms with Crippen LogP contribution in [0.2, 0.25) is 0 Å². The van der Waals surface area contributed by atoms with Gasteiger partial charge in [-0.25, -0.2) is 0 Å². The summed E-state index contributed by atoms with van der Waals surface area (Å²) < 4.78 is 0.522. The number of amides is 2. The Hall–Kier alpha value is -2.44. The van der Waals surface area contributed by atoms with E-state index in [2.05, 4.69) is 0 Å². The summed E-state index contributed by atoms with van der Waals surface area (Å²) in [5.41, 5.74) is 4.33. The van der Waals surface area contributed by atoms with E-state index in [0.29, 0.717) is 21.3 Å². The van der Waals surface area contributed by atoms with E-state index in [4.69, 9.17) is 12.2 Å². The average Bonchev–Trinajstić information content (AvgIpc) is 3.16. The highest BCUT2D eigenvalue weighted by atomic mass is 32.2. The largest absolute Gasteiger partial charge is 0.303 e. The number of thiocarbonyl (C=S) groups is 1. The maximum Gasteiger partial charge on any atom is 0.267 e. The summed E-state index contributed by atoms with van der Waals surface area (Å²) in [7, 11) is 0. The molecule has 0 saturated carbocycles. The molecule has 2 amide bonds. The van der Waals surface area contributed by atoms with E-state index in [1.165, 1.54) is 17.3 Å². The van der Waals surface area contributed by atoms with Gasteiger partial charge in [0.2, 0.25) is 0 Å². The standard InChI is InChI=1S/C23H22N2O2S2/c1-4-15(3)25-22(27)20(29-23(25)28)19-17-7-5-6-8-18(17)24(21(19)26)13-16-11-9-14(2)10-12-16/h5-12,15H,4,13H2,1-3H3/b20-19-/t15-/m0/s1. The fourth-order valence-corrected chi connectivity index (χ4v) is 5.16. The third-order valence-electron chi connectivity index (χ3n) is 5.44. The van der Waals surface area contributed by atoms with Crippen molar-refractivity contribution in [1.82, 2.24) is 4.90 Å². The van der Waals surface area contributed by atoms with Crippen LogP contribution in [0.5, 0.6) is 0 Å². The van der Waals surface area contributed by atoms with Crippen LogP contribution in [0.3, 0.4) is 0 Å². The molecule has 0 radical (unpaired) electrons. The van der Waals surface area contributed by atoms with Crippen LogP contribution >= 0.6 is 24.0 Å². The molecule has 0 aliphatic carbocycles. The number of rotatable bonds is 4. The van der Waals surface area contributed by atoms with Crippen molar-refractivity contribution in [2.75, 3.05) is 4.90 Å². The molecule has 0 aromatic heterocycles. The van der Waals surface area contributed by atoms with Gasteiger partial charge in [0.05, 0.1) is 22.7 Å². The van der Waals surface area contributed by atoms with Crippen molar-refractivity contribution in [1.29, 1.82) is 0 Å². The number of aryl methyl sites for hydroxylation is 1. The average molecular weight is 423 g/mol. The maximum atomic E-state index is 13.5. The number of para-hydroxylation sites is 1. The van der Waals surface area contributed by atoms with Crippen molar-refractivity contribution in [3.05, 3.63) is 70.1 Å². The molecule has 2 aliphatic rings. The van der Waals surface area contributed by atoms with Gasteiger partial charge in [0.15, 0.2) is 0 Å². The maximum absolute atomic E-state index is 13.5. The summed E-state index contributed by atoms with van der Waals surface area (Å²) in [4.78, 5) is 30.4. The molecule has 29 heavy (non-hydrogen) atoms. The van der Waals surface area contributed by atoms with E-state index in [9.17, 15) is 9.59 Å². The third kappa shape index (κ3) is 3.40. The van der Waals surface area contributed by atoms with Crippen molar-refractivity contribution in [2.45, 2.75) is 39.8 Å². The predicted molar refractivity (Wildman–Crippen MR) is 123 cm³/mol. The van der Waals surface area contributed by atoms with Gasteiger partial charge < -0.3 is 4.90 Å². The molecule has 0 unspecified atom stereocenters. The van der Waals surface area contributed by atoms with Gasteiger partial charge in [0.1, 0.15) is 4.32 Å². The van der Waals surface area contributed by atoms with E-state index < -0.39 is 0 Å². The molecule has 1 saturated heterocycles. The molecule has 6 heteroatoms. The summed E-state index contributed by atoms with van der Waals surface area (Å²) in [6, 6.07) is 15.8. The minimum Gasteiger partial charge on any atom is -0.303 e. The molecule has 1 fully saturated rings. The van der Waals surface area contributed by atoms with Crippen molar-refractivity contribution >= 4 is 51.4 Å². The topological polar surface area (TPSA) is 40.6 Å². The highest BCUT2D eigenvalue weighted by Crippen LogP contribution is 2.45. The number of hydrogen-bond acceptors (Lipinski definition) is 4. The van der Waals surface area contributed by atoms with Crippen LogP contribution in [0.15, 0.2) is 53.4 Å². The van der Waals surface area contributed by atoms with Crippen molar-refractivity contribution in [3.8, 4) is 0 Å². The molecule has 2 aromatic rings. The lowest BCUT2D eigenvalue weighted by atomic mass is 10.1. The van der Waals surface area contributed by atoms with Gasteiger partial charge in [-0.2, -0.15) is 0 Å². The Bertz CT molecular complexity index is 1040. The first kappa shape index (κ1) is 19.9. The minimum absolute atomic E-state index is 0.0102. The number of nitrogens with zero attached hydrogens (tertiary/aromatic N) is 2. The molecule has 4 nitrogen and oxygen atoms in total. The second kappa shape index (κ2) is 7.76. The van der Waals surface area contributed by atoms with Crippen molar-refractivity contribution < 1.29 is 9.59 Å². The quantitative estimate of drug-likeness (QED) is 0.518. The van der Waals surface area contributed by atoms with Gasteiger partial charge in [-0.3, -0.25) is 14.5 Å². The van der Waals surface area contributed by atoms with Crippen LogP contribution in [-0.2, 0) is 16.1 Å². The molecule has 0 bridgehead atoms. The van der Waals surface area contributed by atoms with E-state index in [-0.39, 0.29) is 17.9 Å². The van der Waals surface area contributed by atoms with Crippen molar-refractivity contribution in [3.63, 3.8) is 0 Å². The van der Waals surface area contributed by atoms with Crippen molar-refractivity contribution in [2.24, 2.45) is 0 Å². The number of benzene rings is 2. The summed E-state index contributed by atoms with van der Waals surface area (Å²) in [5.74, 6) is -0.305. The second-order valence-corrected chi connectivity index (χ2v) is 9.04. The van der Waals surface area contributed by atoms with E-state index in [1.54, 1.807) is 9.80 Å². The highest BCUT2D eigenvalue weighted by molar-refractivity contribution is 8.26. The smallest absolute Gasteiger partial charge is 0.267 e. The Morgan fingerprint density at radius 1 is 1.03 bits per heavy atom. The van der Waals surface area contributed by atoms with Crippen LogP contribution in [0.25, 0.3) is 5.57 Å². The zero-order valence-corrected chi connectivity index (χ0v) is 18.3. The number of anilines is 1. The van der Waals surface area contributed by atoms with Gasteiger partial charge in [-0.15, -0.1) is 0 Å². The zero-order chi connectivity index (χ0) is 20.7. The van der Waals surface area contributed by atoms with Crippen LogP contribution in [-0.4, -0.2) is 27.1 Å². The summed E-state index contributed by atoms with van der Waals surface area (Å²) >= 11 is 6.71. The van der Waals surface area contributed by atoms with Crippen LogP contribution in [0.4, 0.5) is 5.69 Å². The lowest BCUT2D eigenvalue weighted by Gasteiger charge is -2.21. The molecule has 0 N–H and O–H groups in total. The Labute approximate surface area is 180 Å². The number of carbonyl (C=O) groups excluding carboxylic acids is 2. The van der Waals surface area contributed by atoms with E-state index in [0.717, 1.165) is 23.2 Å². The molecule has 0 spiro atoms. The van der Waals surface area contributed by atoms with Gasteiger partial charge >= 0.3 is 0 Å². The Morgan fingerprint density at radius 3 is 2.41 bits per heavy atom. The Morgan fingerprint density at radius 2 is 1.72 bits per heavy atom. The molecule has 2 aliphatic heterocycles. The van der Waals surface area contributed by atoms with Gasteiger partial charge in [-0.1, -0.05) is 78.9 Å². The van der Waals surface area contributed by atoms with Crippen LogP contribution in [0, 0.1) is 6.92 Å². The lowest BCUT2D eigenvalue weighted by molar-refractivity contribution is -0.123. The first-order chi connectivity index (χ1) is 13.9. The normalized spacial score (nSPS) is 19.9. The Kier molecular flexibility index (Phi) is 5.32. The second-order valence-electron chi connectivity index (χ2n) is 7.40. The molecule has 4 rings (SSSR count). The molecular weight excluding hydrogens is 400 g/mol. The lowest BCUT2D eigenvalue weighted by Crippen LogP contribution is -2.36. The van der Waals surface area contributed by atoms with E-state index >= 15 is 0 Å². The Balaban J connectivity index is 1.77. The fraction of sp³-hybridized carbons (Fsp3) is 0.261. The zero-order valence-electron chi connectivity index (χ0n) is 16.6. The summed E-state index contributed by atoms with van der Waals surface area (Å²) in [5, 5.41) is 0. The molecule has 2 aromatic carbocycles. The monoisotopic (exact) mass is 422 g/mol. The first-order valence-electron chi connectivity index (χ1n) is 9.68. The third-order valence-corrected chi connectivity index (χ3v) is 6.84. The highest BCUT2D eigenvalue weighted by Gasteiger charge is 2.42. The molecular formula is C23H22N2O2S2. The summed E-state index contributed by atoms with van der Waals surface area (Å²) in [6.07, 6.45) is 0.805. The van der Waals surface area contributed by atoms with Gasteiger partial charge in [-0.05, 0) is 31.9 Å². The predicted octanol–water partition coefficient (Wildman–Crippen LogP) is 4.91. The number of fused-ring (bicyclic) bond motifs is 1. The van der Waals surface area contributed by atoms with Gasteiger partial charge in [0, 0.05) is 11.6 Å². The number of thioether (sulfide) groups is 1. The fourth-order valence-electron chi connectivity index (χ4n) is 3.63. The SMILES string of the molecule is CC[C@H](C)N1C(=O)/C(=C2/C(=O)N(Cc3ccc(C)cc3)c3ccccc32)SC1=S. The molecule has 148 valence electrons. The first-order valence-corrected chi connectivity index (χ1v) is 10.9. The number of hydrogen-bond donors (Lipinski definition) is 0. The summed E-state index contributed by atoms with van der Waals surface area (Å²) in [6.45, 7) is 6.50. The van der Waals surface area contributed by atoms with Crippen LogP contribution < -0.4 is 4.90 Å². The van der Waals surface area contributed by atoms with Gasteiger partial charge in [0.25, 0.3) is 11.8 Å². The molecule has 2 heterocycles. The van der Waals surface area contributed by atoms with E-state index in [1.807, 2.05) is 69.3 Å². The number of carbonyl (C=O) groups is 2. The molecule has 1 atom stereocenters. The van der Waals surface area contributed by atoms with Crippen LogP contribution in [0.1, 0.15) is 37.0 Å².